The van der Waals surface area contributed by atoms with Crippen LogP contribution in [0.25, 0.3) is 44.3 Å². The molecule has 0 atom stereocenters. The average molecular weight is 491 g/mol. The molecule has 3 aromatic carbocycles. The van der Waals surface area contributed by atoms with Gasteiger partial charge in [0.1, 0.15) is 5.52 Å². The topological polar surface area (TPSA) is 25.8 Å². The van der Waals surface area contributed by atoms with Crippen LogP contribution in [0.2, 0.25) is 0 Å². The first-order valence-corrected chi connectivity index (χ1v) is 9.41. The van der Waals surface area contributed by atoms with Crippen LogP contribution in [0.4, 0.5) is 0 Å². The van der Waals surface area contributed by atoms with Crippen LogP contribution in [0.3, 0.4) is 0 Å². The van der Waals surface area contributed by atoms with E-state index in [4.69, 9.17) is 9.97 Å². The number of fused-ring (bicyclic) bond motifs is 4. The zero-order chi connectivity index (χ0) is 15.7. The fourth-order valence-corrected chi connectivity index (χ4v) is 4.70. The number of rotatable bonds is 0. The molecule has 0 saturated carbocycles. The molecular weight excluding hydrogens is 484 g/mol. The van der Waals surface area contributed by atoms with Crippen LogP contribution in [0.15, 0.2) is 55.9 Å². The predicted octanol–water partition coefficient (Wildman–Crippen LogP) is 6.72. The third-order valence-corrected chi connectivity index (χ3v) is 7.50. The Morgan fingerprint density at radius 1 is 0.739 bits per heavy atom. The molecule has 0 bridgehead atoms. The Labute approximate surface area is 157 Å². The van der Waals surface area contributed by atoms with Crippen LogP contribution in [-0.4, -0.2) is 9.97 Å². The molecule has 2 nitrogen and oxygen atoms in total. The van der Waals surface area contributed by atoms with Crippen molar-refractivity contribution in [1.82, 2.24) is 9.97 Å². The zero-order valence-corrected chi connectivity index (χ0v) is 16.3. The smallest absolute Gasteiger partial charge is 0.105 e. The minimum absolute atomic E-state index is 0.864. The summed E-state index contributed by atoms with van der Waals surface area (Å²) in [4.78, 5) is 9.85. The van der Waals surface area contributed by atoms with Crippen molar-refractivity contribution < 1.29 is 0 Å². The molecule has 0 fully saturated rings. The summed E-state index contributed by atoms with van der Waals surface area (Å²) in [5.74, 6) is 0. The van der Waals surface area contributed by atoms with Crippen molar-refractivity contribution in [3.8, 4) is 22.5 Å². The van der Waals surface area contributed by atoms with Gasteiger partial charge in [0.2, 0.25) is 0 Å². The molecule has 1 aromatic heterocycles. The fourth-order valence-electron chi connectivity index (χ4n) is 3.21. The van der Waals surface area contributed by atoms with Crippen molar-refractivity contribution in [2.24, 2.45) is 0 Å². The molecular formula is C18H7Br3N2. The Balaban J connectivity index is 1.98. The van der Waals surface area contributed by atoms with Gasteiger partial charge in [-0.05, 0) is 59.2 Å². The SMILES string of the molecule is Brc1cc2nc3c(nc2c(Br)c1Br)-c1cccc2cccc-3c12. The molecule has 0 spiro atoms. The Morgan fingerprint density at radius 3 is 2.09 bits per heavy atom. The Hall–Kier alpha value is -1.30. The van der Waals surface area contributed by atoms with Gasteiger partial charge in [0.15, 0.2) is 0 Å². The van der Waals surface area contributed by atoms with Gasteiger partial charge in [-0.15, -0.1) is 0 Å². The van der Waals surface area contributed by atoms with Gasteiger partial charge < -0.3 is 0 Å². The zero-order valence-electron chi connectivity index (χ0n) is 11.6. The summed E-state index contributed by atoms with van der Waals surface area (Å²) in [6.45, 7) is 0. The molecule has 0 aliphatic heterocycles. The number of nitrogens with zero attached hydrogens (tertiary/aromatic N) is 2. The van der Waals surface area contributed by atoms with Crippen LogP contribution in [0, 0.1) is 0 Å². The van der Waals surface area contributed by atoms with Gasteiger partial charge in [0.05, 0.1) is 21.4 Å². The summed E-state index contributed by atoms with van der Waals surface area (Å²) < 4.78 is 2.83. The maximum Gasteiger partial charge on any atom is 0.105 e. The molecule has 0 radical (unpaired) electrons. The second kappa shape index (κ2) is 4.85. The van der Waals surface area contributed by atoms with Crippen LogP contribution in [0.5, 0.6) is 0 Å². The molecule has 0 unspecified atom stereocenters. The monoisotopic (exact) mass is 488 g/mol. The molecule has 1 aliphatic rings. The highest BCUT2D eigenvalue weighted by Crippen LogP contribution is 2.47. The molecule has 4 aromatic rings. The van der Waals surface area contributed by atoms with E-state index in [1.54, 1.807) is 0 Å². The summed E-state index contributed by atoms with van der Waals surface area (Å²) in [5, 5.41) is 2.47. The Kier molecular flexibility index (Phi) is 2.97. The highest BCUT2D eigenvalue weighted by atomic mass is 79.9. The summed E-state index contributed by atoms with van der Waals surface area (Å²) in [6.07, 6.45) is 0. The third kappa shape index (κ3) is 1.84. The van der Waals surface area contributed by atoms with Gasteiger partial charge in [-0.25, -0.2) is 9.97 Å². The Morgan fingerprint density at radius 2 is 1.39 bits per heavy atom. The lowest BCUT2D eigenvalue weighted by Crippen LogP contribution is -1.92. The lowest BCUT2D eigenvalue weighted by atomic mass is 10.0. The third-order valence-electron chi connectivity index (χ3n) is 4.21. The van der Waals surface area contributed by atoms with Crippen LogP contribution in [0.1, 0.15) is 0 Å². The van der Waals surface area contributed by atoms with E-state index in [-0.39, 0.29) is 0 Å². The van der Waals surface area contributed by atoms with E-state index in [1.807, 2.05) is 6.07 Å². The number of benzene rings is 3. The van der Waals surface area contributed by atoms with Crippen molar-refractivity contribution in [2.75, 3.05) is 0 Å². The van der Waals surface area contributed by atoms with E-state index < -0.39 is 0 Å². The van der Waals surface area contributed by atoms with Gasteiger partial charge >= 0.3 is 0 Å². The van der Waals surface area contributed by atoms with Crippen LogP contribution >= 0.6 is 47.8 Å². The average Bonchev–Trinajstić information content (AvgIpc) is 2.88. The molecule has 5 rings (SSSR count). The van der Waals surface area contributed by atoms with Crippen molar-refractivity contribution in [2.45, 2.75) is 0 Å². The lowest BCUT2D eigenvalue weighted by molar-refractivity contribution is 1.30. The van der Waals surface area contributed by atoms with E-state index in [2.05, 4.69) is 84.2 Å². The van der Waals surface area contributed by atoms with Gasteiger partial charge in [0, 0.05) is 25.5 Å². The van der Waals surface area contributed by atoms with E-state index >= 15 is 0 Å². The number of aromatic nitrogens is 2. The number of hydrogen-bond acceptors (Lipinski definition) is 2. The molecule has 0 N–H and O–H groups in total. The molecule has 0 amide bonds. The minimum Gasteiger partial charge on any atom is -0.244 e. The normalized spacial score (nSPS) is 12.1. The molecule has 0 saturated heterocycles. The first-order chi connectivity index (χ1) is 11.1. The highest BCUT2D eigenvalue weighted by molar-refractivity contribution is 9.14. The largest absolute Gasteiger partial charge is 0.244 e. The van der Waals surface area contributed by atoms with E-state index in [0.29, 0.717) is 0 Å². The van der Waals surface area contributed by atoms with Crippen molar-refractivity contribution in [1.29, 1.82) is 0 Å². The van der Waals surface area contributed by atoms with Gasteiger partial charge in [0.25, 0.3) is 0 Å². The standard InChI is InChI=1S/C18H7Br3N2/c19-11-7-12-18(15(21)14(11)20)23-17-10-6-2-4-8-3-1-5-9(13(8)10)16(17)22-12/h1-7H. The first-order valence-electron chi connectivity index (χ1n) is 7.03. The quantitative estimate of drug-likeness (QED) is 0.225. The summed E-state index contributed by atoms with van der Waals surface area (Å²) in [5.41, 5.74) is 5.98. The number of hydrogen-bond donors (Lipinski definition) is 0. The highest BCUT2D eigenvalue weighted by Gasteiger charge is 2.25. The summed E-state index contributed by atoms with van der Waals surface area (Å²) in [6, 6.07) is 14.7. The van der Waals surface area contributed by atoms with Crippen LogP contribution in [-0.2, 0) is 0 Å². The Bertz CT molecular complexity index is 1150. The van der Waals surface area contributed by atoms with E-state index in [9.17, 15) is 0 Å². The van der Waals surface area contributed by atoms with Crippen LogP contribution < -0.4 is 0 Å². The molecule has 110 valence electrons. The maximum absolute atomic E-state index is 4.94. The number of halogens is 3. The predicted molar refractivity (Wildman–Crippen MR) is 105 cm³/mol. The fraction of sp³-hybridized carbons (Fsp3) is 0. The molecule has 5 heteroatoms. The van der Waals surface area contributed by atoms with Gasteiger partial charge in [-0.1, -0.05) is 36.4 Å². The van der Waals surface area contributed by atoms with E-state index in [1.165, 1.54) is 10.8 Å². The van der Waals surface area contributed by atoms with Gasteiger partial charge in [-0.2, -0.15) is 0 Å². The lowest BCUT2D eigenvalue weighted by Gasteiger charge is -2.08. The molecule has 1 aliphatic carbocycles. The van der Waals surface area contributed by atoms with Crippen molar-refractivity contribution in [3.63, 3.8) is 0 Å². The molecule has 23 heavy (non-hydrogen) atoms. The second-order valence-electron chi connectivity index (χ2n) is 5.48. The minimum atomic E-state index is 0.864. The first kappa shape index (κ1) is 14.1. The summed E-state index contributed by atoms with van der Waals surface area (Å²) >= 11 is 10.8. The maximum atomic E-state index is 4.94. The van der Waals surface area contributed by atoms with Gasteiger partial charge in [-0.3, -0.25) is 0 Å². The summed E-state index contributed by atoms with van der Waals surface area (Å²) in [7, 11) is 0. The van der Waals surface area contributed by atoms with Crippen molar-refractivity contribution >= 4 is 69.6 Å². The van der Waals surface area contributed by atoms with E-state index in [0.717, 1.165) is 47.0 Å². The van der Waals surface area contributed by atoms with Crippen molar-refractivity contribution in [3.05, 3.63) is 55.9 Å². The molecule has 1 heterocycles. The second-order valence-corrected chi connectivity index (χ2v) is 7.92.